The van der Waals surface area contributed by atoms with Crippen molar-refractivity contribution in [2.45, 2.75) is 30.4 Å². The number of aromatic nitrogens is 1. The van der Waals surface area contributed by atoms with Crippen molar-refractivity contribution in [2.75, 3.05) is 9.80 Å². The second-order valence-corrected chi connectivity index (χ2v) is 31.1. The van der Waals surface area contributed by atoms with Crippen LogP contribution in [-0.4, -0.2) is 21.8 Å². The topological polar surface area (TPSA) is 87.7 Å². The maximum Gasteiger partial charge on any atom is 0.207 e. The average molecular weight is 1270 g/mol. The molecule has 21 rings (SSSR count). The predicted octanol–water partition coefficient (Wildman–Crippen LogP) is 20.4. The maximum absolute atomic E-state index is 13.6. The Morgan fingerprint density at radius 3 is 1.18 bits per heavy atom. The smallest absolute Gasteiger partial charge is 0.207 e. The second-order valence-electron chi connectivity index (χ2n) is 23.7. The Morgan fingerprint density at radius 2 is 0.678 bits per heavy atom. The van der Waals surface area contributed by atoms with Gasteiger partial charge < -0.3 is 9.80 Å². The molecule has 0 fully saturated rings. The first-order valence-corrected chi connectivity index (χ1v) is 36.1. The van der Waals surface area contributed by atoms with E-state index in [1.54, 1.807) is 36.4 Å². The van der Waals surface area contributed by atoms with Gasteiger partial charge in [-0.3, -0.25) is 4.98 Å². The summed E-state index contributed by atoms with van der Waals surface area (Å²) in [5.74, 6) is 0. The van der Waals surface area contributed by atoms with Gasteiger partial charge in [-0.15, -0.1) is 45.3 Å². The van der Waals surface area contributed by atoms with E-state index in [1.165, 1.54) is 85.6 Å². The fourth-order valence-electron chi connectivity index (χ4n) is 16.0. The van der Waals surface area contributed by atoms with Crippen molar-refractivity contribution in [2.24, 2.45) is 0 Å². The zero-order chi connectivity index (χ0) is 59.6. The Balaban J connectivity index is 0.000000126. The van der Waals surface area contributed by atoms with Gasteiger partial charge in [-0.1, -0.05) is 109 Å². The minimum Gasteiger partial charge on any atom is -0.310 e. The summed E-state index contributed by atoms with van der Waals surface area (Å²) >= 11 is 7.28. The summed E-state index contributed by atoms with van der Waals surface area (Å²) in [6.45, 7) is 0. The highest BCUT2D eigenvalue weighted by atomic mass is 32.2. The third-order valence-corrected chi connectivity index (χ3v) is 27.3. The van der Waals surface area contributed by atoms with Gasteiger partial charge in [0.05, 0.1) is 58.7 Å². The number of thiophene rings is 4. The summed E-state index contributed by atoms with van der Waals surface area (Å²) in [5, 5.41) is 14.7. The van der Waals surface area contributed by atoms with E-state index in [-0.39, 0.29) is 0 Å². The zero-order valence-corrected chi connectivity index (χ0v) is 52.1. The van der Waals surface area contributed by atoms with E-state index in [4.69, 9.17) is 4.98 Å². The number of para-hydroxylation sites is 1. The van der Waals surface area contributed by atoms with Crippen molar-refractivity contribution in [3.8, 4) is 41.8 Å². The van der Waals surface area contributed by atoms with E-state index in [0.717, 1.165) is 67.3 Å². The van der Waals surface area contributed by atoms with Gasteiger partial charge in [0.1, 0.15) is 0 Å². The molecule has 2 aliphatic carbocycles. The number of rotatable bonds is 2. The molecule has 0 bridgehead atoms. The standard InChI is InChI=1S/C41H23NO2S3.C36H20N2O2S3/c43-47(44)37-12-6-5-11-29(37)30-23-28(13-14-38(30)47)42-35-21-26-9-3-1-7-24(26)19-33(35)41(31-15-17-45-39(31)40-32(41)16-18-46-40)34-20-25-8-2-4-10-27(25)22-36(34)42;39-43(40)32-10-4-1-7-23(32)24-19-22(11-12-33(24)43)38-30-9-3-2-8-25(30)36(26-13-16-41-34(26)35-27(36)14-17-42-35)28-18-21-6-5-15-37-29(21)20-31(28)38/h1-23H;1-20H. The van der Waals surface area contributed by atoms with Crippen LogP contribution in [0.3, 0.4) is 0 Å². The third kappa shape index (κ3) is 6.43. The van der Waals surface area contributed by atoms with Crippen molar-refractivity contribution in [3.63, 3.8) is 0 Å². The van der Waals surface area contributed by atoms with Crippen LogP contribution in [0.15, 0.2) is 278 Å². The molecule has 0 atom stereocenters. The molecule has 90 heavy (non-hydrogen) atoms. The van der Waals surface area contributed by atoms with Crippen molar-refractivity contribution in [3.05, 3.63) is 303 Å². The minimum atomic E-state index is -3.58. The second kappa shape index (κ2) is 18.1. The fourth-order valence-corrected chi connectivity index (χ4v) is 23.5. The molecule has 2 spiro atoms. The lowest BCUT2D eigenvalue weighted by Gasteiger charge is -2.45. The first kappa shape index (κ1) is 51.3. The number of benzene rings is 10. The summed E-state index contributed by atoms with van der Waals surface area (Å²) in [7, 11) is -7.14. The molecule has 4 aliphatic heterocycles. The van der Waals surface area contributed by atoms with Gasteiger partial charge in [-0.05, 0) is 209 Å². The van der Waals surface area contributed by atoms with Crippen LogP contribution in [-0.2, 0) is 30.5 Å². The first-order chi connectivity index (χ1) is 44.1. The third-order valence-electron chi connectivity index (χ3n) is 19.6. The Labute approximate surface area is 533 Å². The Morgan fingerprint density at radius 1 is 0.300 bits per heavy atom. The van der Waals surface area contributed by atoms with Crippen LogP contribution in [0.1, 0.15) is 44.5 Å². The molecule has 9 heterocycles. The number of sulfone groups is 2. The molecular weight excluding hydrogens is 1220 g/mol. The van der Waals surface area contributed by atoms with Crippen LogP contribution in [0.5, 0.6) is 0 Å². The van der Waals surface area contributed by atoms with Gasteiger partial charge in [0.2, 0.25) is 19.7 Å². The summed E-state index contributed by atoms with van der Waals surface area (Å²) in [5.41, 5.74) is 19.4. The quantitative estimate of drug-likeness (QED) is 0.170. The molecule has 13 heteroatoms. The Kier molecular flexibility index (Phi) is 10.3. The largest absolute Gasteiger partial charge is 0.310 e. The number of anilines is 6. The summed E-state index contributed by atoms with van der Waals surface area (Å²) in [6.07, 6.45) is 1.84. The van der Waals surface area contributed by atoms with Crippen LogP contribution < -0.4 is 9.80 Å². The first-order valence-electron chi connectivity index (χ1n) is 29.6. The van der Waals surface area contributed by atoms with Crippen molar-refractivity contribution >= 4 is 132 Å². The monoisotopic (exact) mass is 1270 g/mol. The number of hydrogen-bond donors (Lipinski definition) is 0. The van der Waals surface area contributed by atoms with Crippen molar-refractivity contribution in [1.29, 1.82) is 0 Å². The number of fused-ring (bicyclic) bond motifs is 27. The van der Waals surface area contributed by atoms with Gasteiger partial charge in [0.15, 0.2) is 0 Å². The van der Waals surface area contributed by atoms with Crippen molar-refractivity contribution < 1.29 is 16.8 Å². The molecule has 0 N–H and O–H groups in total. The number of nitrogens with zero attached hydrogens (tertiary/aromatic N) is 3. The van der Waals surface area contributed by atoms with E-state index >= 15 is 0 Å². The Bertz CT molecular complexity index is 5800. The molecule has 0 saturated carbocycles. The van der Waals surface area contributed by atoms with E-state index in [2.05, 4.69) is 177 Å². The van der Waals surface area contributed by atoms with E-state index in [9.17, 15) is 16.8 Å². The lowest BCUT2D eigenvalue weighted by atomic mass is 9.64. The predicted molar refractivity (Wildman–Crippen MR) is 368 cm³/mol. The zero-order valence-electron chi connectivity index (χ0n) is 47.3. The SMILES string of the molecule is O=S1(=O)c2ccccc2-c2cc(N3c4cc5ccccc5cc4C4(c5cc6ccccc6cc53)c3ccsc3-c3sccc34)ccc21.O=S1(=O)c2ccccc2-c2cc(N3c4ccccc4C4(c5cc6cccnc6cc53)c3ccsc3-c3sccc34)ccc21. The molecule has 0 saturated heterocycles. The minimum absolute atomic E-state index is 0.362. The van der Waals surface area contributed by atoms with E-state index in [1.807, 2.05) is 100 Å². The number of pyridine rings is 1. The van der Waals surface area contributed by atoms with Gasteiger partial charge in [0.25, 0.3) is 0 Å². The molecule has 15 aromatic rings. The lowest BCUT2D eigenvalue weighted by molar-refractivity contribution is 0.597. The summed E-state index contributed by atoms with van der Waals surface area (Å²) in [6, 6.07) is 79.5. The van der Waals surface area contributed by atoms with E-state index in [0.29, 0.717) is 19.6 Å². The molecular formula is C77H43N3O4S6. The highest BCUT2D eigenvalue weighted by molar-refractivity contribution is 7.92. The van der Waals surface area contributed by atoms with E-state index < -0.39 is 30.5 Å². The molecule has 10 aromatic carbocycles. The maximum atomic E-state index is 13.6. The molecule has 6 aliphatic rings. The molecule has 7 nitrogen and oxygen atoms in total. The van der Waals surface area contributed by atoms with Gasteiger partial charge in [0, 0.05) is 64.7 Å². The lowest BCUT2D eigenvalue weighted by Crippen LogP contribution is -2.36. The van der Waals surface area contributed by atoms with Gasteiger partial charge >= 0.3 is 0 Å². The molecule has 426 valence electrons. The molecule has 0 radical (unpaired) electrons. The summed E-state index contributed by atoms with van der Waals surface area (Å²) < 4.78 is 54.1. The van der Waals surface area contributed by atoms with Crippen LogP contribution in [0.4, 0.5) is 34.1 Å². The van der Waals surface area contributed by atoms with Crippen LogP contribution in [0.2, 0.25) is 0 Å². The molecule has 5 aromatic heterocycles. The highest BCUT2D eigenvalue weighted by Gasteiger charge is 2.55. The Hall–Kier alpha value is -9.57. The highest BCUT2D eigenvalue weighted by Crippen LogP contribution is 2.68. The average Bonchev–Trinajstić information content (AvgIpc) is 1.41. The number of hydrogen-bond acceptors (Lipinski definition) is 11. The molecule has 0 unspecified atom stereocenters. The molecule has 0 amide bonds. The summed E-state index contributed by atoms with van der Waals surface area (Å²) in [4.78, 5) is 16.3. The fraction of sp³-hybridized carbons (Fsp3) is 0.0260. The van der Waals surface area contributed by atoms with Gasteiger partial charge in [-0.2, -0.15) is 0 Å². The van der Waals surface area contributed by atoms with Crippen LogP contribution in [0, 0.1) is 0 Å². The normalized spacial score (nSPS) is 15.8. The van der Waals surface area contributed by atoms with Crippen molar-refractivity contribution in [1.82, 2.24) is 4.98 Å². The van der Waals surface area contributed by atoms with Gasteiger partial charge in [-0.25, -0.2) is 16.8 Å². The van der Waals surface area contributed by atoms with Crippen LogP contribution >= 0.6 is 45.3 Å². The van der Waals surface area contributed by atoms with Crippen LogP contribution in [0.25, 0.3) is 74.2 Å².